The van der Waals surface area contributed by atoms with Crippen LogP contribution in [0.3, 0.4) is 0 Å². The number of ether oxygens (including phenoxy) is 1. The van der Waals surface area contributed by atoms with Crippen molar-refractivity contribution >= 4 is 41.1 Å². The van der Waals surface area contributed by atoms with Crippen molar-refractivity contribution in [2.24, 2.45) is 5.92 Å². The van der Waals surface area contributed by atoms with Crippen molar-refractivity contribution in [3.8, 4) is 5.75 Å². The van der Waals surface area contributed by atoms with Crippen LogP contribution in [0, 0.1) is 5.92 Å². The molecule has 1 N–H and O–H groups in total. The van der Waals surface area contributed by atoms with Gasteiger partial charge in [0.05, 0.1) is 24.4 Å². The Morgan fingerprint density at radius 3 is 2.85 bits per heavy atom. The Hall–Kier alpha value is -3.17. The third-order valence-corrected chi connectivity index (χ3v) is 9.00. The minimum atomic E-state index is -0.160. The molecule has 2 unspecified atom stereocenters. The summed E-state index contributed by atoms with van der Waals surface area (Å²) < 4.78 is 11.0. The molecular weight excluding hydrogens is 546 g/mol. The summed E-state index contributed by atoms with van der Waals surface area (Å²) in [7, 11) is 0. The third kappa shape index (κ3) is 5.95. The maximum Gasteiger partial charge on any atom is 0.251 e. The van der Waals surface area contributed by atoms with Crippen LogP contribution in [0.1, 0.15) is 42.5 Å². The van der Waals surface area contributed by atoms with Crippen molar-refractivity contribution in [1.82, 2.24) is 19.4 Å². The molecule has 1 aromatic heterocycles. The molecule has 0 radical (unpaired) electrons. The molecular formula is C30H34ClN5O3S. The van der Waals surface area contributed by atoms with Crippen molar-refractivity contribution in [3.63, 3.8) is 0 Å². The molecule has 0 aliphatic carbocycles. The van der Waals surface area contributed by atoms with E-state index in [1.807, 2.05) is 29.2 Å². The molecule has 2 amide bonds. The summed E-state index contributed by atoms with van der Waals surface area (Å²) in [6.07, 6.45) is 4.98. The highest BCUT2D eigenvalue weighted by Gasteiger charge is 2.32. The van der Waals surface area contributed by atoms with Crippen LogP contribution in [0.15, 0.2) is 53.6 Å². The van der Waals surface area contributed by atoms with Gasteiger partial charge in [-0.15, -0.1) is 0 Å². The Balaban J connectivity index is 1.33. The van der Waals surface area contributed by atoms with Gasteiger partial charge in [0.25, 0.3) is 5.91 Å². The number of anilines is 1. The predicted molar refractivity (Wildman–Crippen MR) is 157 cm³/mol. The van der Waals surface area contributed by atoms with E-state index >= 15 is 0 Å². The number of carbonyl (C=O) groups is 2. The minimum absolute atomic E-state index is 0.0854. The third-order valence-electron chi connectivity index (χ3n) is 7.95. The van der Waals surface area contributed by atoms with Crippen molar-refractivity contribution in [2.75, 3.05) is 37.7 Å². The molecule has 2 atom stereocenters. The van der Waals surface area contributed by atoms with Gasteiger partial charge < -0.3 is 14.5 Å². The number of hydrogen-bond acceptors (Lipinski definition) is 6. The number of nitrogens with zero attached hydrogens (tertiary/aromatic N) is 4. The summed E-state index contributed by atoms with van der Waals surface area (Å²) in [4.78, 5) is 31.1. The first-order chi connectivity index (χ1) is 19.4. The van der Waals surface area contributed by atoms with E-state index in [1.54, 1.807) is 10.9 Å². The highest BCUT2D eigenvalue weighted by Crippen LogP contribution is 2.39. The Labute approximate surface area is 244 Å². The number of aryl methyl sites for hydroxylation is 1. The topological polar surface area (TPSA) is 79.7 Å². The van der Waals surface area contributed by atoms with Gasteiger partial charge in [-0.25, -0.2) is 0 Å². The molecule has 6 bridgehead atoms. The van der Waals surface area contributed by atoms with Gasteiger partial charge >= 0.3 is 0 Å². The molecule has 1 fully saturated rings. The Morgan fingerprint density at radius 1 is 1.10 bits per heavy atom. The minimum Gasteiger partial charge on any atom is -0.491 e. The van der Waals surface area contributed by atoms with Gasteiger partial charge in [-0.2, -0.15) is 5.10 Å². The number of halogens is 1. The number of carbonyl (C=O) groups excluding carboxylic acids is 2. The molecule has 8 nitrogen and oxygen atoms in total. The predicted octanol–water partition coefficient (Wildman–Crippen LogP) is 4.70. The van der Waals surface area contributed by atoms with E-state index < -0.39 is 0 Å². The summed E-state index contributed by atoms with van der Waals surface area (Å²) in [5.74, 6) is 1.29. The second kappa shape index (κ2) is 11.7. The lowest BCUT2D eigenvalue weighted by molar-refractivity contribution is -0.129. The van der Waals surface area contributed by atoms with E-state index in [9.17, 15) is 9.59 Å². The van der Waals surface area contributed by atoms with Gasteiger partial charge in [0.15, 0.2) is 0 Å². The van der Waals surface area contributed by atoms with Gasteiger partial charge in [-0.05, 0) is 78.2 Å². The Bertz CT molecular complexity index is 1410. The maximum absolute atomic E-state index is 13.1. The van der Waals surface area contributed by atoms with E-state index in [0.29, 0.717) is 18.2 Å². The number of hydrogen-bond donors (Lipinski definition) is 1. The summed E-state index contributed by atoms with van der Waals surface area (Å²) in [5.41, 5.74) is 4.27. The van der Waals surface area contributed by atoms with Crippen LogP contribution in [-0.2, 0) is 29.0 Å². The lowest BCUT2D eigenvalue weighted by Crippen LogP contribution is -2.36. The van der Waals surface area contributed by atoms with Crippen LogP contribution in [0.25, 0.3) is 0 Å². The van der Waals surface area contributed by atoms with E-state index in [4.69, 9.17) is 16.3 Å². The first-order valence-electron chi connectivity index (χ1n) is 14.0. The molecule has 3 aliphatic rings. The number of benzene rings is 2. The number of aromatic nitrogens is 2. The van der Waals surface area contributed by atoms with Gasteiger partial charge in [0.2, 0.25) is 5.91 Å². The zero-order valence-corrected chi connectivity index (χ0v) is 24.2. The van der Waals surface area contributed by atoms with E-state index in [2.05, 4.69) is 39.8 Å². The molecule has 4 heterocycles. The highest BCUT2D eigenvalue weighted by molar-refractivity contribution is 7.98. The number of fused-ring (bicyclic) bond motifs is 5. The molecule has 1 saturated heterocycles. The van der Waals surface area contributed by atoms with Crippen molar-refractivity contribution in [3.05, 3.63) is 70.5 Å². The van der Waals surface area contributed by atoms with E-state index in [0.717, 1.165) is 66.8 Å². The van der Waals surface area contributed by atoms with Crippen molar-refractivity contribution in [1.29, 1.82) is 0 Å². The summed E-state index contributed by atoms with van der Waals surface area (Å²) in [5, 5.41) is 5.21. The van der Waals surface area contributed by atoms with Crippen LogP contribution in [0.4, 0.5) is 5.69 Å². The zero-order valence-electron chi connectivity index (χ0n) is 22.6. The number of amides is 2. The number of nitrogens with one attached hydrogen (secondary N) is 1. The summed E-state index contributed by atoms with van der Waals surface area (Å²) >= 11 is 7.69. The highest BCUT2D eigenvalue weighted by atomic mass is 35.5. The van der Waals surface area contributed by atoms with E-state index in [1.165, 1.54) is 23.1 Å². The first kappa shape index (κ1) is 27.0. The molecule has 2 aromatic carbocycles. The molecule has 0 spiro atoms. The average Bonchev–Trinajstić information content (AvgIpc) is 3.55. The van der Waals surface area contributed by atoms with Gasteiger partial charge in [-0.3, -0.25) is 19.0 Å². The smallest absolute Gasteiger partial charge is 0.251 e. The van der Waals surface area contributed by atoms with Crippen LogP contribution in [0.5, 0.6) is 5.75 Å². The molecule has 210 valence electrons. The molecule has 10 heteroatoms. The lowest BCUT2D eigenvalue weighted by Gasteiger charge is -2.30. The maximum atomic E-state index is 13.1. The molecule has 3 aromatic rings. The molecule has 3 aliphatic heterocycles. The first-order valence-corrected chi connectivity index (χ1v) is 15.2. The number of rotatable bonds is 3. The molecule has 6 rings (SSSR count). The zero-order chi connectivity index (χ0) is 27.6. The summed E-state index contributed by atoms with van der Waals surface area (Å²) in [6, 6.07) is 14.2. The monoisotopic (exact) mass is 579 g/mol. The second-order valence-electron chi connectivity index (χ2n) is 10.9. The summed E-state index contributed by atoms with van der Waals surface area (Å²) in [6.45, 7) is 5.96. The van der Waals surface area contributed by atoms with Gasteiger partial charge in [-0.1, -0.05) is 31.0 Å². The second-order valence-corrected chi connectivity index (χ2v) is 12.3. The Kier molecular flexibility index (Phi) is 7.94. The van der Waals surface area contributed by atoms with Gasteiger partial charge in [0.1, 0.15) is 12.3 Å². The standard InChI is InChI=1S/C30H34ClN5O3S/c1-2-3-21-12-23(31)4-6-26(21)22-17-35-16-20-8-10-34(15-20)30(38)13-24-9-11-36(32-24)18-29(37)33-40-25-5-7-28(39-19-22)27(35)14-25/h4-7,9,11-12,14,20,22H,2-3,8,10,13,15-19H2,1H3,(H,33,37). The SMILES string of the molecule is CCCc1cc(Cl)ccc1C1COc2ccc3cc2N(CC2CCN(C2)C(=O)Cc2ccn(n2)CC(=O)NS3)C1. The molecule has 40 heavy (non-hydrogen) atoms. The fourth-order valence-electron chi connectivity index (χ4n) is 6.02. The average molecular weight is 580 g/mol. The molecule has 0 saturated carbocycles. The van der Waals surface area contributed by atoms with Crippen LogP contribution < -0.4 is 14.4 Å². The fourth-order valence-corrected chi connectivity index (χ4v) is 6.82. The van der Waals surface area contributed by atoms with Crippen LogP contribution in [-0.4, -0.2) is 59.3 Å². The largest absolute Gasteiger partial charge is 0.491 e. The van der Waals surface area contributed by atoms with E-state index in [-0.39, 0.29) is 30.7 Å². The van der Waals surface area contributed by atoms with Gasteiger partial charge in [0, 0.05) is 48.2 Å². The van der Waals surface area contributed by atoms with Crippen molar-refractivity contribution < 1.29 is 14.3 Å². The fraction of sp³-hybridized carbons (Fsp3) is 0.433. The van der Waals surface area contributed by atoms with Crippen LogP contribution in [0.2, 0.25) is 5.02 Å². The quantitative estimate of drug-likeness (QED) is 0.453. The van der Waals surface area contributed by atoms with Crippen LogP contribution >= 0.6 is 23.5 Å². The Morgan fingerprint density at radius 2 is 1.98 bits per heavy atom. The normalized spacial score (nSPS) is 21.4. The van der Waals surface area contributed by atoms with Crippen molar-refractivity contribution in [2.45, 2.75) is 50.0 Å². The lowest BCUT2D eigenvalue weighted by atomic mass is 9.91.